The Hall–Kier alpha value is -2.37. The van der Waals surface area contributed by atoms with Gasteiger partial charge < -0.3 is 19.6 Å². The number of aromatic carboxylic acids is 1. The summed E-state index contributed by atoms with van der Waals surface area (Å²) >= 11 is 12.1. The number of rotatable bonds is 4. The van der Waals surface area contributed by atoms with E-state index in [1.807, 2.05) is 6.07 Å². The number of halogens is 2. The molecule has 0 aliphatic heterocycles. The lowest BCUT2D eigenvalue weighted by Gasteiger charge is -2.12. The summed E-state index contributed by atoms with van der Waals surface area (Å²) in [6.45, 7) is 0. The van der Waals surface area contributed by atoms with Crippen LogP contribution in [0.25, 0.3) is 22.2 Å². The van der Waals surface area contributed by atoms with Crippen LogP contribution in [0.1, 0.15) is 10.4 Å². The summed E-state index contributed by atoms with van der Waals surface area (Å²) in [6.07, 6.45) is 0. The molecule has 2 aromatic carbocycles. The first-order valence-corrected chi connectivity index (χ1v) is 7.67. The smallest absolute Gasteiger partial charge is 0.339 e. The van der Waals surface area contributed by atoms with Crippen molar-refractivity contribution in [1.82, 2.24) is 4.98 Å². The minimum absolute atomic E-state index is 0.0281. The van der Waals surface area contributed by atoms with Gasteiger partial charge in [0.2, 0.25) is 0 Å². The number of ether oxygens (including phenoxy) is 2. The van der Waals surface area contributed by atoms with Gasteiger partial charge in [-0.3, -0.25) is 0 Å². The largest absolute Gasteiger partial charge is 0.496 e. The van der Waals surface area contributed by atoms with Crippen molar-refractivity contribution in [3.05, 3.63) is 45.9 Å². The predicted molar refractivity (Wildman–Crippen MR) is 93.8 cm³/mol. The van der Waals surface area contributed by atoms with Gasteiger partial charge in [0.1, 0.15) is 17.1 Å². The Morgan fingerprint density at radius 2 is 1.67 bits per heavy atom. The SMILES string of the molecule is COc1cc(-c2cc3cc(Cl)c(Cl)cc3[nH]2)c(OC)cc1C(=O)O. The highest BCUT2D eigenvalue weighted by Crippen LogP contribution is 2.38. The van der Waals surface area contributed by atoms with Crippen molar-refractivity contribution in [1.29, 1.82) is 0 Å². The maximum absolute atomic E-state index is 11.3. The first-order chi connectivity index (χ1) is 11.4. The Labute approximate surface area is 147 Å². The molecule has 0 atom stereocenters. The van der Waals surface area contributed by atoms with Gasteiger partial charge in [-0.25, -0.2) is 4.79 Å². The van der Waals surface area contributed by atoms with Crippen LogP contribution in [0, 0.1) is 0 Å². The zero-order valence-electron chi connectivity index (χ0n) is 12.8. The molecular weight excluding hydrogens is 353 g/mol. The number of carboxylic acid groups (broad SMARTS) is 1. The van der Waals surface area contributed by atoms with Crippen LogP contribution in [0.2, 0.25) is 10.0 Å². The van der Waals surface area contributed by atoms with E-state index in [0.717, 1.165) is 16.6 Å². The van der Waals surface area contributed by atoms with E-state index in [2.05, 4.69) is 4.98 Å². The van der Waals surface area contributed by atoms with Crippen molar-refractivity contribution in [2.45, 2.75) is 0 Å². The van der Waals surface area contributed by atoms with Crippen LogP contribution in [-0.2, 0) is 0 Å². The maximum Gasteiger partial charge on any atom is 0.339 e. The minimum atomic E-state index is -1.09. The number of carboxylic acids is 1. The van der Waals surface area contributed by atoms with Crippen molar-refractivity contribution in [2.75, 3.05) is 14.2 Å². The highest BCUT2D eigenvalue weighted by Gasteiger charge is 2.18. The predicted octanol–water partition coefficient (Wildman–Crippen LogP) is 4.86. The quantitative estimate of drug-likeness (QED) is 0.692. The second-order valence-corrected chi connectivity index (χ2v) is 5.91. The highest BCUT2D eigenvalue weighted by molar-refractivity contribution is 6.42. The molecule has 1 aromatic heterocycles. The monoisotopic (exact) mass is 365 g/mol. The first-order valence-electron chi connectivity index (χ1n) is 6.92. The van der Waals surface area contributed by atoms with E-state index in [9.17, 15) is 9.90 Å². The van der Waals surface area contributed by atoms with Crippen LogP contribution in [0.4, 0.5) is 0 Å². The molecule has 0 fully saturated rings. The van der Waals surface area contributed by atoms with Crippen molar-refractivity contribution in [2.24, 2.45) is 0 Å². The Morgan fingerprint density at radius 1 is 1.00 bits per heavy atom. The molecule has 3 rings (SSSR count). The molecule has 1 heterocycles. The molecule has 0 radical (unpaired) electrons. The molecule has 24 heavy (non-hydrogen) atoms. The number of hydrogen-bond acceptors (Lipinski definition) is 3. The molecule has 0 amide bonds. The van der Waals surface area contributed by atoms with Crippen molar-refractivity contribution < 1.29 is 19.4 Å². The van der Waals surface area contributed by atoms with E-state index < -0.39 is 5.97 Å². The lowest BCUT2D eigenvalue weighted by Crippen LogP contribution is -2.02. The molecule has 0 aliphatic rings. The normalized spacial score (nSPS) is 10.8. The summed E-state index contributed by atoms with van der Waals surface area (Å²) in [5.74, 6) is -0.433. The lowest BCUT2D eigenvalue weighted by atomic mass is 10.1. The Bertz CT molecular complexity index is 910. The topological polar surface area (TPSA) is 71.5 Å². The average Bonchev–Trinajstić information content (AvgIpc) is 2.96. The Morgan fingerprint density at radius 3 is 2.29 bits per heavy atom. The van der Waals surface area contributed by atoms with E-state index in [4.69, 9.17) is 32.7 Å². The number of H-pyrrole nitrogens is 1. The van der Waals surface area contributed by atoms with Gasteiger partial charge in [-0.1, -0.05) is 23.2 Å². The molecule has 3 aromatic rings. The molecular formula is C17H13Cl2NO4. The summed E-state index contributed by atoms with van der Waals surface area (Å²) in [7, 11) is 2.90. The standard InChI is InChI=1S/C17H13Cl2NO4/c1-23-15-6-10(17(21)22)16(24-2)5-9(15)14-4-8-3-11(18)12(19)7-13(8)20-14/h3-7,20H,1-2H3,(H,21,22). The number of carbonyl (C=O) groups is 1. The number of methoxy groups -OCH3 is 2. The maximum atomic E-state index is 11.3. The number of nitrogens with one attached hydrogen (secondary N) is 1. The third kappa shape index (κ3) is 2.77. The molecule has 2 N–H and O–H groups in total. The molecule has 0 bridgehead atoms. The van der Waals surface area contributed by atoms with Crippen molar-refractivity contribution in [3.8, 4) is 22.8 Å². The number of aromatic nitrogens is 1. The summed E-state index contributed by atoms with van der Waals surface area (Å²) in [6, 6.07) is 8.43. The average molecular weight is 366 g/mol. The molecule has 7 heteroatoms. The van der Waals surface area contributed by atoms with E-state index in [0.29, 0.717) is 21.4 Å². The van der Waals surface area contributed by atoms with Crippen LogP contribution in [0.3, 0.4) is 0 Å². The summed E-state index contributed by atoms with van der Waals surface area (Å²) in [4.78, 5) is 14.6. The van der Waals surface area contributed by atoms with Gasteiger partial charge in [-0.2, -0.15) is 0 Å². The highest BCUT2D eigenvalue weighted by atomic mass is 35.5. The van der Waals surface area contributed by atoms with E-state index in [1.165, 1.54) is 20.3 Å². The Balaban J connectivity index is 2.23. The van der Waals surface area contributed by atoms with Crippen LogP contribution in [-0.4, -0.2) is 30.3 Å². The van der Waals surface area contributed by atoms with Crippen molar-refractivity contribution in [3.63, 3.8) is 0 Å². The lowest BCUT2D eigenvalue weighted by molar-refractivity contribution is 0.0693. The fraction of sp³-hybridized carbons (Fsp3) is 0.118. The summed E-state index contributed by atoms with van der Waals surface area (Å²) < 4.78 is 10.5. The van der Waals surface area contributed by atoms with Gasteiger partial charge in [0, 0.05) is 16.5 Å². The second kappa shape index (κ2) is 6.26. The molecule has 5 nitrogen and oxygen atoms in total. The number of fused-ring (bicyclic) bond motifs is 1. The van der Waals surface area contributed by atoms with Crippen LogP contribution < -0.4 is 9.47 Å². The fourth-order valence-corrected chi connectivity index (χ4v) is 2.88. The number of benzene rings is 2. The number of aromatic amines is 1. The van der Waals surface area contributed by atoms with Crippen LogP contribution >= 0.6 is 23.2 Å². The van der Waals surface area contributed by atoms with E-state index >= 15 is 0 Å². The van der Waals surface area contributed by atoms with E-state index in [1.54, 1.807) is 18.2 Å². The fourth-order valence-electron chi connectivity index (χ4n) is 2.55. The zero-order chi connectivity index (χ0) is 17.4. The first kappa shape index (κ1) is 16.5. The summed E-state index contributed by atoms with van der Waals surface area (Å²) in [5, 5.41) is 11.1. The molecule has 0 unspecified atom stereocenters. The van der Waals surface area contributed by atoms with Crippen molar-refractivity contribution >= 4 is 40.1 Å². The molecule has 124 valence electrons. The van der Waals surface area contributed by atoms with Gasteiger partial charge in [0.05, 0.1) is 30.0 Å². The third-order valence-corrected chi connectivity index (χ3v) is 4.43. The zero-order valence-corrected chi connectivity index (χ0v) is 14.3. The molecule has 0 saturated carbocycles. The van der Waals surface area contributed by atoms with Crippen LogP contribution in [0.15, 0.2) is 30.3 Å². The molecule has 0 saturated heterocycles. The second-order valence-electron chi connectivity index (χ2n) is 5.09. The van der Waals surface area contributed by atoms with Gasteiger partial charge in [-0.15, -0.1) is 0 Å². The van der Waals surface area contributed by atoms with E-state index in [-0.39, 0.29) is 11.3 Å². The minimum Gasteiger partial charge on any atom is -0.496 e. The van der Waals surface area contributed by atoms with Gasteiger partial charge in [-0.05, 0) is 30.3 Å². The third-order valence-electron chi connectivity index (χ3n) is 3.70. The van der Waals surface area contributed by atoms with Crippen LogP contribution in [0.5, 0.6) is 11.5 Å². The van der Waals surface area contributed by atoms with Gasteiger partial charge in [0.15, 0.2) is 0 Å². The molecule has 0 aliphatic carbocycles. The number of hydrogen-bond donors (Lipinski definition) is 2. The summed E-state index contributed by atoms with van der Waals surface area (Å²) in [5.41, 5.74) is 2.24. The van der Waals surface area contributed by atoms with Gasteiger partial charge >= 0.3 is 5.97 Å². The molecule has 0 spiro atoms. The van der Waals surface area contributed by atoms with Gasteiger partial charge in [0.25, 0.3) is 0 Å². The Kier molecular flexibility index (Phi) is 4.30.